The molecular formula is C21H21NO6S. The van der Waals surface area contributed by atoms with Gasteiger partial charge in [0, 0.05) is 24.3 Å². The van der Waals surface area contributed by atoms with Crippen molar-refractivity contribution in [1.29, 1.82) is 0 Å². The number of rotatable bonds is 8. The number of aryl methyl sites for hydroxylation is 1. The second kappa shape index (κ2) is 9.88. The molecule has 2 aromatic carbocycles. The monoisotopic (exact) mass is 415 g/mol. The molecule has 0 aromatic heterocycles. The van der Waals surface area contributed by atoms with E-state index in [0.29, 0.717) is 12.2 Å². The van der Waals surface area contributed by atoms with Crippen molar-refractivity contribution in [2.45, 2.75) is 26.3 Å². The molecule has 0 fully saturated rings. The number of hydrogen-bond donors (Lipinski definition) is 3. The molecule has 0 aliphatic heterocycles. The molecular weight excluding hydrogens is 394 g/mol. The van der Waals surface area contributed by atoms with Crippen LogP contribution in [0, 0.1) is 6.92 Å². The zero-order chi connectivity index (χ0) is 21.6. The smallest absolute Gasteiger partial charge is 0.336 e. The van der Waals surface area contributed by atoms with E-state index >= 15 is 0 Å². The lowest BCUT2D eigenvalue weighted by atomic mass is 10.0. The summed E-state index contributed by atoms with van der Waals surface area (Å²) in [5, 5.41) is 21.1. The van der Waals surface area contributed by atoms with Gasteiger partial charge in [-0.2, -0.15) is 0 Å². The molecule has 3 N–H and O–H groups in total. The van der Waals surface area contributed by atoms with E-state index in [4.69, 9.17) is 5.11 Å². The first-order chi connectivity index (χ1) is 13.7. The van der Waals surface area contributed by atoms with E-state index in [1.165, 1.54) is 13.0 Å². The summed E-state index contributed by atoms with van der Waals surface area (Å²) in [5.74, 6) is -2.99. The lowest BCUT2D eigenvalue weighted by molar-refractivity contribution is -0.109. The Bertz CT molecular complexity index is 956. The highest BCUT2D eigenvalue weighted by Crippen LogP contribution is 2.16. The first-order valence-electron chi connectivity index (χ1n) is 8.78. The Morgan fingerprint density at radius 2 is 1.66 bits per heavy atom. The van der Waals surface area contributed by atoms with Crippen LogP contribution in [-0.2, 0) is 11.2 Å². The minimum absolute atomic E-state index is 0.0370. The van der Waals surface area contributed by atoms with Crippen LogP contribution in [-0.4, -0.2) is 45.0 Å². The van der Waals surface area contributed by atoms with Gasteiger partial charge in [-0.3, -0.25) is 9.59 Å². The highest BCUT2D eigenvalue weighted by molar-refractivity contribution is 8.13. The average molecular weight is 415 g/mol. The molecule has 0 saturated carbocycles. The Hall–Kier alpha value is -3.13. The van der Waals surface area contributed by atoms with Crippen LogP contribution < -0.4 is 5.32 Å². The third-order valence-corrected chi connectivity index (χ3v) is 5.27. The molecule has 29 heavy (non-hydrogen) atoms. The van der Waals surface area contributed by atoms with Crippen LogP contribution in [0.5, 0.6) is 0 Å². The molecule has 2 aromatic rings. The van der Waals surface area contributed by atoms with Gasteiger partial charge in [-0.25, -0.2) is 9.59 Å². The molecule has 0 spiro atoms. The maximum absolute atomic E-state index is 12.7. The van der Waals surface area contributed by atoms with Crippen molar-refractivity contribution in [3.05, 3.63) is 70.3 Å². The maximum atomic E-state index is 12.7. The SMILES string of the molecule is CC(=O)SCC(Cc1ccccc1C)NC(=O)c1ccc(C(=O)O)c(C(=O)O)c1. The Kier molecular flexibility index (Phi) is 7.55. The molecule has 1 unspecified atom stereocenters. The molecule has 2 rings (SSSR count). The number of thioether (sulfide) groups is 1. The first-order valence-corrected chi connectivity index (χ1v) is 9.77. The van der Waals surface area contributed by atoms with Gasteiger partial charge in [0.25, 0.3) is 5.91 Å². The van der Waals surface area contributed by atoms with E-state index in [9.17, 15) is 24.3 Å². The maximum Gasteiger partial charge on any atom is 0.336 e. The van der Waals surface area contributed by atoms with Crippen molar-refractivity contribution in [3.63, 3.8) is 0 Å². The van der Waals surface area contributed by atoms with Crippen molar-refractivity contribution in [2.24, 2.45) is 0 Å². The molecule has 0 saturated heterocycles. The zero-order valence-electron chi connectivity index (χ0n) is 16.0. The van der Waals surface area contributed by atoms with Crippen LogP contribution >= 0.6 is 11.8 Å². The van der Waals surface area contributed by atoms with Gasteiger partial charge >= 0.3 is 11.9 Å². The fraction of sp³-hybridized carbons (Fsp3) is 0.238. The van der Waals surface area contributed by atoms with Gasteiger partial charge in [-0.05, 0) is 42.7 Å². The second-order valence-corrected chi connectivity index (χ2v) is 7.67. The number of carbonyl (C=O) groups excluding carboxylic acids is 2. The minimum atomic E-state index is -1.43. The Morgan fingerprint density at radius 3 is 2.24 bits per heavy atom. The number of carbonyl (C=O) groups is 4. The number of benzene rings is 2. The van der Waals surface area contributed by atoms with Gasteiger partial charge in [0.2, 0.25) is 0 Å². The average Bonchev–Trinajstić information content (AvgIpc) is 2.67. The fourth-order valence-electron chi connectivity index (χ4n) is 2.79. The molecule has 7 nitrogen and oxygen atoms in total. The van der Waals surface area contributed by atoms with Gasteiger partial charge in [0.1, 0.15) is 0 Å². The van der Waals surface area contributed by atoms with Crippen molar-refractivity contribution < 1.29 is 29.4 Å². The summed E-state index contributed by atoms with van der Waals surface area (Å²) < 4.78 is 0. The molecule has 0 radical (unpaired) electrons. The van der Waals surface area contributed by atoms with Crippen molar-refractivity contribution in [3.8, 4) is 0 Å². The van der Waals surface area contributed by atoms with E-state index in [0.717, 1.165) is 35.0 Å². The van der Waals surface area contributed by atoms with E-state index in [1.807, 2.05) is 31.2 Å². The summed E-state index contributed by atoms with van der Waals surface area (Å²) in [7, 11) is 0. The molecule has 1 amide bonds. The van der Waals surface area contributed by atoms with Crippen LogP contribution in [0.25, 0.3) is 0 Å². The lowest BCUT2D eigenvalue weighted by Crippen LogP contribution is -2.38. The van der Waals surface area contributed by atoms with Crippen LogP contribution in [0.1, 0.15) is 49.1 Å². The van der Waals surface area contributed by atoms with Crippen molar-refractivity contribution in [2.75, 3.05) is 5.75 Å². The Labute approximate surface area is 172 Å². The highest BCUT2D eigenvalue weighted by atomic mass is 32.2. The van der Waals surface area contributed by atoms with Gasteiger partial charge in [-0.1, -0.05) is 36.0 Å². The number of hydrogen-bond acceptors (Lipinski definition) is 5. The summed E-state index contributed by atoms with van der Waals surface area (Å²) in [4.78, 5) is 46.6. The van der Waals surface area contributed by atoms with E-state index in [1.54, 1.807) is 0 Å². The Morgan fingerprint density at radius 1 is 1.00 bits per heavy atom. The molecule has 152 valence electrons. The normalized spacial score (nSPS) is 11.5. The topological polar surface area (TPSA) is 121 Å². The summed E-state index contributed by atoms with van der Waals surface area (Å²) in [6.07, 6.45) is 0.498. The summed E-state index contributed by atoms with van der Waals surface area (Å²) in [5.41, 5.74) is 1.26. The number of nitrogens with one attached hydrogen (secondary N) is 1. The van der Waals surface area contributed by atoms with Crippen molar-refractivity contribution >= 4 is 34.7 Å². The van der Waals surface area contributed by atoms with Crippen molar-refractivity contribution in [1.82, 2.24) is 5.32 Å². The number of aromatic carboxylic acids is 2. The lowest BCUT2D eigenvalue weighted by Gasteiger charge is -2.19. The molecule has 0 aliphatic carbocycles. The minimum Gasteiger partial charge on any atom is -0.478 e. The third kappa shape index (κ3) is 6.18. The largest absolute Gasteiger partial charge is 0.478 e. The van der Waals surface area contributed by atoms with Crippen LogP contribution in [0.15, 0.2) is 42.5 Å². The summed E-state index contributed by atoms with van der Waals surface area (Å²) >= 11 is 1.09. The molecule has 1 atom stereocenters. The number of carboxylic acid groups (broad SMARTS) is 2. The Balaban J connectivity index is 2.25. The standard InChI is InChI=1S/C21H21NO6S/c1-12-5-3-4-6-14(12)9-16(11-29-13(2)23)22-19(24)15-7-8-17(20(25)26)18(10-15)21(27)28/h3-8,10,16H,9,11H2,1-2H3,(H,22,24)(H,25,26)(H,27,28). The van der Waals surface area contributed by atoms with Crippen LogP contribution in [0.3, 0.4) is 0 Å². The van der Waals surface area contributed by atoms with Gasteiger partial charge in [0.15, 0.2) is 5.12 Å². The van der Waals surface area contributed by atoms with Gasteiger partial charge in [0.05, 0.1) is 11.1 Å². The van der Waals surface area contributed by atoms with Gasteiger partial charge in [-0.15, -0.1) is 0 Å². The van der Waals surface area contributed by atoms with Crippen LogP contribution in [0.4, 0.5) is 0 Å². The van der Waals surface area contributed by atoms with Gasteiger partial charge < -0.3 is 15.5 Å². The molecule has 0 aliphatic rings. The molecule has 8 heteroatoms. The second-order valence-electron chi connectivity index (χ2n) is 6.47. The van der Waals surface area contributed by atoms with E-state index in [-0.39, 0.29) is 16.7 Å². The number of carboxylic acids is 2. The summed E-state index contributed by atoms with van der Waals surface area (Å²) in [6, 6.07) is 10.7. The molecule has 0 bridgehead atoms. The third-order valence-electron chi connectivity index (χ3n) is 4.29. The zero-order valence-corrected chi connectivity index (χ0v) is 16.8. The summed E-state index contributed by atoms with van der Waals surface area (Å²) in [6.45, 7) is 3.40. The van der Waals surface area contributed by atoms with E-state index in [2.05, 4.69) is 5.32 Å². The first kappa shape index (κ1) is 22.2. The highest BCUT2D eigenvalue weighted by Gasteiger charge is 2.21. The molecule has 0 heterocycles. The quantitative estimate of drug-likeness (QED) is 0.606. The fourth-order valence-corrected chi connectivity index (χ4v) is 3.43. The predicted molar refractivity (Wildman–Crippen MR) is 110 cm³/mol. The predicted octanol–water partition coefficient (Wildman–Crippen LogP) is 3.01. The number of amides is 1. The van der Waals surface area contributed by atoms with Crippen LogP contribution in [0.2, 0.25) is 0 Å². The van der Waals surface area contributed by atoms with E-state index < -0.39 is 29.0 Å².